The third kappa shape index (κ3) is 4.01. The van der Waals surface area contributed by atoms with Crippen LogP contribution in [0.2, 0.25) is 0 Å². The number of amides is 1. The molecule has 4 nitrogen and oxygen atoms in total. The first-order valence-electron chi connectivity index (χ1n) is 6.40. The van der Waals surface area contributed by atoms with Gasteiger partial charge < -0.3 is 4.90 Å². The molecule has 1 aliphatic carbocycles. The SMILES string of the molecule is CCN(CC)C(=O)CN(C)CC1(CC#N)CC1. The minimum absolute atomic E-state index is 0.185. The molecule has 1 saturated carbocycles. The van der Waals surface area contributed by atoms with E-state index in [0.29, 0.717) is 13.0 Å². The number of hydrogen-bond donors (Lipinski definition) is 0. The molecule has 0 atom stereocenters. The van der Waals surface area contributed by atoms with E-state index in [1.165, 1.54) is 0 Å². The van der Waals surface area contributed by atoms with Gasteiger partial charge in [-0.1, -0.05) is 0 Å². The minimum atomic E-state index is 0.185. The van der Waals surface area contributed by atoms with Gasteiger partial charge in [0.05, 0.1) is 12.6 Å². The van der Waals surface area contributed by atoms with E-state index in [4.69, 9.17) is 5.26 Å². The third-order valence-corrected chi connectivity index (χ3v) is 3.54. The largest absolute Gasteiger partial charge is 0.342 e. The normalized spacial score (nSPS) is 16.6. The highest BCUT2D eigenvalue weighted by atomic mass is 16.2. The summed E-state index contributed by atoms with van der Waals surface area (Å²) in [6, 6.07) is 2.25. The molecule has 0 bridgehead atoms. The molecule has 0 aromatic heterocycles. The van der Waals surface area contributed by atoms with E-state index in [2.05, 4.69) is 11.0 Å². The van der Waals surface area contributed by atoms with Gasteiger partial charge in [-0.3, -0.25) is 9.69 Å². The maximum Gasteiger partial charge on any atom is 0.236 e. The number of nitriles is 1. The molecule has 1 rings (SSSR count). The molecule has 0 aromatic carbocycles. The summed E-state index contributed by atoms with van der Waals surface area (Å²) in [7, 11) is 1.97. The van der Waals surface area contributed by atoms with Gasteiger partial charge in [-0.15, -0.1) is 0 Å². The Kier molecular flexibility index (Phi) is 4.95. The average molecular weight is 237 g/mol. The molecule has 1 amide bonds. The highest BCUT2D eigenvalue weighted by Crippen LogP contribution is 2.48. The van der Waals surface area contributed by atoms with Crippen LogP contribution in [0.15, 0.2) is 0 Å². The fourth-order valence-electron chi connectivity index (χ4n) is 2.27. The van der Waals surface area contributed by atoms with Crippen LogP contribution in [-0.4, -0.2) is 48.9 Å². The maximum atomic E-state index is 11.9. The summed E-state index contributed by atoms with van der Waals surface area (Å²) in [5, 5.41) is 8.76. The predicted molar refractivity (Wildman–Crippen MR) is 67.3 cm³/mol. The lowest BCUT2D eigenvalue weighted by Gasteiger charge is -2.25. The monoisotopic (exact) mass is 237 g/mol. The third-order valence-electron chi connectivity index (χ3n) is 3.54. The lowest BCUT2D eigenvalue weighted by Crippen LogP contribution is -2.40. The molecule has 0 aromatic rings. The van der Waals surface area contributed by atoms with Gasteiger partial charge in [-0.2, -0.15) is 5.26 Å². The van der Waals surface area contributed by atoms with Crippen LogP contribution in [0.25, 0.3) is 0 Å². The standard InChI is InChI=1S/C13H23N3O/c1-4-16(5-2)12(17)10-15(3)11-13(6-7-13)8-9-14/h4-8,10-11H2,1-3H3. The maximum absolute atomic E-state index is 11.9. The Labute approximate surface area is 104 Å². The van der Waals surface area contributed by atoms with Gasteiger partial charge in [0.2, 0.25) is 5.91 Å². The zero-order valence-corrected chi connectivity index (χ0v) is 11.2. The van der Waals surface area contributed by atoms with Gasteiger partial charge in [0.25, 0.3) is 0 Å². The summed E-state index contributed by atoms with van der Waals surface area (Å²) in [6.45, 7) is 6.88. The molecular weight excluding hydrogens is 214 g/mol. The molecule has 0 heterocycles. The van der Waals surface area contributed by atoms with Crippen molar-refractivity contribution in [3.05, 3.63) is 0 Å². The van der Waals surface area contributed by atoms with E-state index < -0.39 is 0 Å². The molecule has 1 fully saturated rings. The molecule has 0 aliphatic heterocycles. The topological polar surface area (TPSA) is 47.3 Å². The van der Waals surface area contributed by atoms with Crippen molar-refractivity contribution in [2.45, 2.75) is 33.1 Å². The molecule has 4 heteroatoms. The number of carbonyl (C=O) groups is 1. The van der Waals surface area contributed by atoms with E-state index in [-0.39, 0.29) is 11.3 Å². The smallest absolute Gasteiger partial charge is 0.236 e. The van der Waals surface area contributed by atoms with E-state index in [1.54, 1.807) is 0 Å². The Morgan fingerprint density at radius 3 is 2.35 bits per heavy atom. The Morgan fingerprint density at radius 2 is 1.94 bits per heavy atom. The van der Waals surface area contributed by atoms with Crippen LogP contribution in [-0.2, 0) is 4.79 Å². The molecule has 1 aliphatic rings. The van der Waals surface area contributed by atoms with E-state index in [9.17, 15) is 4.79 Å². The van der Waals surface area contributed by atoms with Crippen LogP contribution >= 0.6 is 0 Å². The number of nitrogens with zero attached hydrogens (tertiary/aromatic N) is 3. The number of carbonyl (C=O) groups excluding carboxylic acids is 1. The Bertz CT molecular complexity index is 300. The van der Waals surface area contributed by atoms with E-state index in [0.717, 1.165) is 32.5 Å². The van der Waals surface area contributed by atoms with Crippen LogP contribution in [0.5, 0.6) is 0 Å². The first kappa shape index (κ1) is 14.0. The van der Waals surface area contributed by atoms with Crippen molar-refractivity contribution in [1.82, 2.24) is 9.80 Å². The molecule has 0 spiro atoms. The van der Waals surface area contributed by atoms with Crippen molar-refractivity contribution in [2.24, 2.45) is 5.41 Å². The first-order chi connectivity index (χ1) is 8.06. The van der Waals surface area contributed by atoms with Gasteiger partial charge in [0.1, 0.15) is 0 Å². The van der Waals surface area contributed by atoms with Gasteiger partial charge in [-0.05, 0) is 39.2 Å². The molecular formula is C13H23N3O. The molecule has 0 radical (unpaired) electrons. The molecule has 96 valence electrons. The fourth-order valence-corrected chi connectivity index (χ4v) is 2.27. The second kappa shape index (κ2) is 6.02. The van der Waals surface area contributed by atoms with Crippen LogP contribution < -0.4 is 0 Å². The predicted octanol–water partition coefficient (Wildman–Crippen LogP) is 1.48. The number of rotatable bonds is 7. The van der Waals surface area contributed by atoms with Crippen LogP contribution in [0.3, 0.4) is 0 Å². The molecule has 0 unspecified atom stereocenters. The average Bonchev–Trinajstić information content (AvgIpc) is 2.99. The highest BCUT2D eigenvalue weighted by Gasteiger charge is 2.43. The molecule has 0 saturated heterocycles. The second-order valence-corrected chi connectivity index (χ2v) is 5.07. The Hall–Kier alpha value is -1.08. The lowest BCUT2D eigenvalue weighted by atomic mass is 10.0. The summed E-state index contributed by atoms with van der Waals surface area (Å²) in [5.41, 5.74) is 0.188. The van der Waals surface area contributed by atoms with Gasteiger partial charge in [-0.25, -0.2) is 0 Å². The van der Waals surface area contributed by atoms with Crippen molar-refractivity contribution in [3.63, 3.8) is 0 Å². The van der Waals surface area contributed by atoms with Crippen molar-refractivity contribution < 1.29 is 4.79 Å². The number of likely N-dealkylation sites (N-methyl/N-ethyl adjacent to an activating group) is 2. The summed E-state index contributed by atoms with van der Waals surface area (Å²) >= 11 is 0. The highest BCUT2D eigenvalue weighted by molar-refractivity contribution is 5.78. The fraction of sp³-hybridized carbons (Fsp3) is 0.846. The summed E-state index contributed by atoms with van der Waals surface area (Å²) in [4.78, 5) is 15.8. The number of hydrogen-bond acceptors (Lipinski definition) is 3. The van der Waals surface area contributed by atoms with Crippen molar-refractivity contribution in [2.75, 3.05) is 33.2 Å². The second-order valence-electron chi connectivity index (χ2n) is 5.07. The zero-order valence-electron chi connectivity index (χ0n) is 11.2. The van der Waals surface area contributed by atoms with E-state index in [1.807, 2.05) is 25.8 Å². The zero-order chi connectivity index (χ0) is 12.9. The van der Waals surface area contributed by atoms with Crippen molar-refractivity contribution >= 4 is 5.91 Å². The van der Waals surface area contributed by atoms with Crippen LogP contribution in [0.1, 0.15) is 33.1 Å². The van der Waals surface area contributed by atoms with E-state index >= 15 is 0 Å². The Balaban J connectivity index is 2.37. The first-order valence-corrected chi connectivity index (χ1v) is 6.40. The quantitative estimate of drug-likeness (QED) is 0.674. The summed E-state index contributed by atoms with van der Waals surface area (Å²) in [5.74, 6) is 0.185. The van der Waals surface area contributed by atoms with Gasteiger partial charge in [0, 0.05) is 26.1 Å². The van der Waals surface area contributed by atoms with Crippen LogP contribution in [0, 0.1) is 16.7 Å². The summed E-state index contributed by atoms with van der Waals surface area (Å²) in [6.07, 6.45) is 2.88. The van der Waals surface area contributed by atoms with Crippen LogP contribution in [0.4, 0.5) is 0 Å². The van der Waals surface area contributed by atoms with Crippen molar-refractivity contribution in [3.8, 4) is 6.07 Å². The molecule has 0 N–H and O–H groups in total. The van der Waals surface area contributed by atoms with Gasteiger partial charge >= 0.3 is 0 Å². The lowest BCUT2D eigenvalue weighted by molar-refractivity contribution is -0.131. The van der Waals surface area contributed by atoms with Gasteiger partial charge in [0.15, 0.2) is 0 Å². The molecule has 17 heavy (non-hydrogen) atoms. The minimum Gasteiger partial charge on any atom is -0.342 e. The Morgan fingerprint density at radius 1 is 1.35 bits per heavy atom. The summed E-state index contributed by atoms with van der Waals surface area (Å²) < 4.78 is 0. The van der Waals surface area contributed by atoms with Crippen molar-refractivity contribution in [1.29, 1.82) is 5.26 Å².